The maximum absolute atomic E-state index is 13.8. The van der Waals surface area contributed by atoms with E-state index in [9.17, 15) is 9.18 Å². The lowest BCUT2D eigenvalue weighted by atomic mass is 9.96. The van der Waals surface area contributed by atoms with Crippen LogP contribution in [0.25, 0.3) is 10.9 Å². The Morgan fingerprint density at radius 3 is 2.81 bits per heavy atom. The zero-order valence-corrected chi connectivity index (χ0v) is 15.0. The van der Waals surface area contributed by atoms with E-state index in [-0.39, 0.29) is 5.56 Å². The summed E-state index contributed by atoms with van der Waals surface area (Å²) in [5, 5.41) is 0.582. The Morgan fingerprint density at radius 2 is 2.07 bits per heavy atom. The quantitative estimate of drug-likeness (QED) is 0.702. The fourth-order valence-corrected chi connectivity index (χ4v) is 3.54. The van der Waals surface area contributed by atoms with E-state index in [1.807, 2.05) is 4.90 Å². The van der Waals surface area contributed by atoms with Crippen molar-refractivity contribution in [2.75, 3.05) is 25.1 Å². The molecule has 0 bridgehead atoms. The molecule has 0 amide bonds. The van der Waals surface area contributed by atoms with Crippen LogP contribution in [0.15, 0.2) is 41.8 Å². The number of aromatic nitrogens is 4. The number of hydrogen-bond acceptors (Lipinski definition) is 6. The molecule has 1 saturated heterocycles. The van der Waals surface area contributed by atoms with Gasteiger partial charge in [0.05, 0.1) is 30.5 Å². The number of halogens is 1. The molecule has 3 heterocycles. The van der Waals surface area contributed by atoms with Crippen LogP contribution in [0.2, 0.25) is 0 Å². The molecule has 0 N–H and O–H groups in total. The van der Waals surface area contributed by atoms with Crippen molar-refractivity contribution in [2.24, 2.45) is 5.92 Å². The fourth-order valence-electron chi connectivity index (χ4n) is 3.54. The number of nitrogens with zero attached hydrogens (tertiary/aromatic N) is 5. The highest BCUT2D eigenvalue weighted by Crippen LogP contribution is 2.24. The van der Waals surface area contributed by atoms with Gasteiger partial charge in [-0.05, 0) is 30.9 Å². The number of anilines is 1. The summed E-state index contributed by atoms with van der Waals surface area (Å²) in [5.74, 6) is 0.959. The van der Waals surface area contributed by atoms with E-state index >= 15 is 0 Å². The lowest BCUT2D eigenvalue weighted by Gasteiger charge is -2.32. The number of fused-ring (bicyclic) bond motifs is 1. The van der Waals surface area contributed by atoms with E-state index in [1.54, 1.807) is 36.2 Å². The first kappa shape index (κ1) is 17.4. The average Bonchev–Trinajstić information content (AvgIpc) is 2.71. The third kappa shape index (κ3) is 3.47. The standard InChI is InChI=1S/C19H20FN5O2/c1-27-14-2-3-15-17(8-14)23-12-25(19(15)26)10-13-4-6-24(7-5-13)18-16(20)9-21-11-22-18/h2-3,8-9,11-13H,4-7,10H2,1H3. The normalized spacial score (nSPS) is 15.3. The van der Waals surface area contributed by atoms with Crippen molar-refractivity contribution >= 4 is 16.7 Å². The molecule has 3 aromatic rings. The maximum atomic E-state index is 13.8. The van der Waals surface area contributed by atoms with Gasteiger partial charge in [-0.2, -0.15) is 0 Å². The van der Waals surface area contributed by atoms with Crippen LogP contribution in [0.4, 0.5) is 10.2 Å². The summed E-state index contributed by atoms with van der Waals surface area (Å²) < 4.78 is 20.7. The van der Waals surface area contributed by atoms with Crippen LogP contribution in [0.3, 0.4) is 0 Å². The van der Waals surface area contributed by atoms with Gasteiger partial charge in [0.2, 0.25) is 0 Å². The summed E-state index contributed by atoms with van der Waals surface area (Å²) in [5.41, 5.74) is 0.580. The van der Waals surface area contributed by atoms with E-state index in [0.717, 1.165) is 12.8 Å². The van der Waals surface area contributed by atoms with Crippen molar-refractivity contribution in [1.82, 2.24) is 19.5 Å². The molecular weight excluding hydrogens is 349 g/mol. The second kappa shape index (κ2) is 7.30. The van der Waals surface area contributed by atoms with Gasteiger partial charge in [0.25, 0.3) is 5.56 Å². The minimum Gasteiger partial charge on any atom is -0.497 e. The van der Waals surface area contributed by atoms with Crippen molar-refractivity contribution in [3.8, 4) is 5.75 Å². The lowest BCUT2D eigenvalue weighted by molar-refractivity contribution is 0.349. The monoisotopic (exact) mass is 369 g/mol. The highest BCUT2D eigenvalue weighted by atomic mass is 19.1. The van der Waals surface area contributed by atoms with E-state index < -0.39 is 5.82 Å². The van der Waals surface area contributed by atoms with Gasteiger partial charge in [0.15, 0.2) is 11.6 Å². The number of hydrogen-bond donors (Lipinski definition) is 0. The predicted molar refractivity (Wildman–Crippen MR) is 99.5 cm³/mol. The van der Waals surface area contributed by atoms with Gasteiger partial charge in [0, 0.05) is 25.7 Å². The van der Waals surface area contributed by atoms with E-state index in [0.29, 0.717) is 48.0 Å². The molecule has 1 aliphatic rings. The topological polar surface area (TPSA) is 73.1 Å². The number of rotatable bonds is 4. The van der Waals surface area contributed by atoms with Gasteiger partial charge in [-0.25, -0.2) is 19.3 Å². The van der Waals surface area contributed by atoms with Crippen molar-refractivity contribution in [3.63, 3.8) is 0 Å². The molecular formula is C19H20FN5O2. The average molecular weight is 369 g/mol. The van der Waals surface area contributed by atoms with Crippen LogP contribution >= 0.6 is 0 Å². The van der Waals surface area contributed by atoms with Crippen molar-refractivity contribution < 1.29 is 9.13 Å². The van der Waals surface area contributed by atoms with Crippen LogP contribution in [0.5, 0.6) is 5.75 Å². The molecule has 4 rings (SSSR count). The molecule has 7 nitrogen and oxygen atoms in total. The highest BCUT2D eigenvalue weighted by molar-refractivity contribution is 5.78. The van der Waals surface area contributed by atoms with E-state index in [2.05, 4.69) is 15.0 Å². The van der Waals surface area contributed by atoms with Gasteiger partial charge in [-0.3, -0.25) is 9.36 Å². The molecule has 0 aliphatic carbocycles. The van der Waals surface area contributed by atoms with Gasteiger partial charge >= 0.3 is 0 Å². The summed E-state index contributed by atoms with van der Waals surface area (Å²) in [7, 11) is 1.59. The molecule has 0 atom stereocenters. The van der Waals surface area contributed by atoms with Crippen molar-refractivity contribution in [3.05, 3.63) is 53.2 Å². The molecule has 27 heavy (non-hydrogen) atoms. The number of ether oxygens (including phenoxy) is 1. The Morgan fingerprint density at radius 1 is 1.26 bits per heavy atom. The molecule has 0 spiro atoms. The van der Waals surface area contributed by atoms with E-state index in [4.69, 9.17) is 4.74 Å². The second-order valence-electron chi connectivity index (χ2n) is 6.71. The van der Waals surface area contributed by atoms with E-state index in [1.165, 1.54) is 12.5 Å². The highest BCUT2D eigenvalue weighted by Gasteiger charge is 2.23. The summed E-state index contributed by atoms with van der Waals surface area (Å²) in [6.07, 6.45) is 5.86. The minimum atomic E-state index is -0.402. The predicted octanol–water partition coefficient (Wildman–Crippen LogP) is 2.25. The van der Waals surface area contributed by atoms with Crippen LogP contribution in [-0.2, 0) is 6.54 Å². The van der Waals surface area contributed by atoms with Gasteiger partial charge in [-0.1, -0.05) is 0 Å². The molecule has 140 valence electrons. The number of piperidine rings is 1. The molecule has 0 radical (unpaired) electrons. The summed E-state index contributed by atoms with van der Waals surface area (Å²) >= 11 is 0. The zero-order valence-electron chi connectivity index (χ0n) is 15.0. The summed E-state index contributed by atoms with van der Waals surface area (Å²) in [4.78, 5) is 26.8. The number of methoxy groups -OCH3 is 1. The van der Waals surface area contributed by atoms with Gasteiger partial charge in [-0.15, -0.1) is 0 Å². The molecule has 0 unspecified atom stereocenters. The number of benzene rings is 1. The summed E-state index contributed by atoms with van der Waals surface area (Å²) in [6.45, 7) is 2.00. The SMILES string of the molecule is COc1ccc2c(=O)n(CC3CCN(c4ncncc4F)CC3)cnc2c1. The third-order valence-corrected chi connectivity index (χ3v) is 5.05. The van der Waals surface area contributed by atoms with Crippen LogP contribution < -0.4 is 15.2 Å². The molecule has 8 heteroatoms. The van der Waals surface area contributed by atoms with Crippen molar-refractivity contribution in [2.45, 2.75) is 19.4 Å². The Bertz CT molecular complexity index is 1010. The first-order valence-corrected chi connectivity index (χ1v) is 8.89. The molecule has 1 aliphatic heterocycles. The lowest BCUT2D eigenvalue weighted by Crippen LogP contribution is -2.37. The van der Waals surface area contributed by atoms with Crippen molar-refractivity contribution in [1.29, 1.82) is 0 Å². The largest absolute Gasteiger partial charge is 0.497 e. The fraction of sp³-hybridized carbons (Fsp3) is 0.368. The molecule has 0 saturated carbocycles. The van der Waals surface area contributed by atoms with Crippen LogP contribution in [0, 0.1) is 11.7 Å². The smallest absolute Gasteiger partial charge is 0.261 e. The van der Waals surface area contributed by atoms with Gasteiger partial charge in [0.1, 0.15) is 12.1 Å². The Labute approximate surface area is 155 Å². The second-order valence-corrected chi connectivity index (χ2v) is 6.71. The van der Waals surface area contributed by atoms with Gasteiger partial charge < -0.3 is 9.64 Å². The Balaban J connectivity index is 1.47. The zero-order chi connectivity index (χ0) is 18.8. The minimum absolute atomic E-state index is 0.0491. The third-order valence-electron chi connectivity index (χ3n) is 5.05. The molecule has 1 aromatic carbocycles. The Kier molecular flexibility index (Phi) is 4.70. The van der Waals surface area contributed by atoms with Crippen LogP contribution in [-0.4, -0.2) is 39.7 Å². The Hall–Kier alpha value is -3.03. The maximum Gasteiger partial charge on any atom is 0.261 e. The van der Waals surface area contributed by atoms with Crippen LogP contribution in [0.1, 0.15) is 12.8 Å². The first-order valence-electron chi connectivity index (χ1n) is 8.89. The first-order chi connectivity index (χ1) is 13.2. The molecule has 2 aromatic heterocycles. The molecule has 1 fully saturated rings. The summed E-state index contributed by atoms with van der Waals surface area (Å²) in [6, 6.07) is 5.28.